The van der Waals surface area contributed by atoms with Crippen molar-refractivity contribution in [1.82, 2.24) is 5.06 Å². The van der Waals surface area contributed by atoms with Crippen molar-refractivity contribution in [3.63, 3.8) is 0 Å². The standard InChI is InChI=1S/C13H33N3O/c1-8-9-10-11-14(2)17-16(6,7)13-12-15(3,4)5/h8-13H2,1-7H3/q+2. The summed E-state index contributed by atoms with van der Waals surface area (Å²) < 4.78 is 1.57. The van der Waals surface area contributed by atoms with E-state index < -0.39 is 0 Å². The first-order valence-electron chi connectivity index (χ1n) is 6.70. The first-order chi connectivity index (χ1) is 7.66. The number of hydroxylamine groups is 5. The SMILES string of the molecule is CCCCCN(C)O[N+](C)(C)CC[N+](C)(C)C. The lowest BCUT2D eigenvalue weighted by molar-refractivity contribution is -1.11. The van der Waals surface area contributed by atoms with Crippen molar-refractivity contribution in [2.75, 3.05) is 61.9 Å². The number of hydrogen-bond donors (Lipinski definition) is 0. The van der Waals surface area contributed by atoms with Crippen molar-refractivity contribution >= 4 is 0 Å². The van der Waals surface area contributed by atoms with Gasteiger partial charge in [0.15, 0.2) is 6.54 Å². The first kappa shape index (κ1) is 16.8. The number of rotatable bonds is 9. The van der Waals surface area contributed by atoms with Crippen LogP contribution >= 0.6 is 0 Å². The number of hydrogen-bond acceptors (Lipinski definition) is 2. The average molecular weight is 247 g/mol. The molecule has 0 atom stereocenters. The van der Waals surface area contributed by atoms with E-state index in [1.54, 1.807) is 0 Å². The Hall–Kier alpha value is -0.160. The minimum atomic E-state index is 0.595. The minimum absolute atomic E-state index is 0.595. The summed E-state index contributed by atoms with van der Waals surface area (Å²) in [5.41, 5.74) is 0. The molecule has 0 radical (unpaired) electrons. The molecule has 0 N–H and O–H groups in total. The molecule has 104 valence electrons. The maximum absolute atomic E-state index is 5.94. The summed E-state index contributed by atoms with van der Waals surface area (Å²) in [6, 6.07) is 0. The summed E-state index contributed by atoms with van der Waals surface area (Å²) >= 11 is 0. The van der Waals surface area contributed by atoms with Gasteiger partial charge in [-0.3, -0.25) is 0 Å². The molecule has 0 spiro atoms. The molecule has 0 aromatic rings. The van der Waals surface area contributed by atoms with Gasteiger partial charge in [-0.15, -0.1) is 10.0 Å². The molecule has 4 heteroatoms. The van der Waals surface area contributed by atoms with Crippen LogP contribution in [0.15, 0.2) is 0 Å². The molecule has 0 aromatic heterocycles. The second-order valence-electron chi connectivity index (χ2n) is 6.45. The highest BCUT2D eigenvalue weighted by Crippen LogP contribution is 2.05. The summed E-state index contributed by atoms with van der Waals surface area (Å²) in [5.74, 6) is 0. The molecule has 0 bridgehead atoms. The van der Waals surface area contributed by atoms with Crippen LogP contribution in [0.3, 0.4) is 0 Å². The molecule has 0 fully saturated rings. The zero-order valence-electron chi connectivity index (χ0n) is 13.0. The Kier molecular flexibility index (Phi) is 7.24. The van der Waals surface area contributed by atoms with Crippen molar-refractivity contribution in [3.05, 3.63) is 0 Å². The van der Waals surface area contributed by atoms with Crippen LogP contribution in [-0.4, -0.2) is 76.1 Å². The minimum Gasteiger partial charge on any atom is -0.326 e. The molecule has 0 unspecified atom stereocenters. The second-order valence-corrected chi connectivity index (χ2v) is 6.45. The highest BCUT2D eigenvalue weighted by molar-refractivity contribution is 4.39. The number of likely N-dealkylation sites (N-methyl/N-ethyl adjacent to an activating group) is 2. The summed E-state index contributed by atoms with van der Waals surface area (Å²) in [6.45, 7) is 5.36. The summed E-state index contributed by atoms with van der Waals surface area (Å²) in [7, 11) is 12.9. The molecule has 0 aliphatic rings. The maximum Gasteiger partial charge on any atom is 0.159 e. The van der Waals surface area contributed by atoms with E-state index in [1.165, 1.54) is 19.3 Å². The maximum atomic E-state index is 5.94. The molecule has 0 rings (SSSR count). The third-order valence-corrected chi connectivity index (χ3v) is 2.75. The highest BCUT2D eigenvalue weighted by atomic mass is 16.9. The molecule has 0 aromatic carbocycles. The molecule has 0 aliphatic carbocycles. The summed E-state index contributed by atoms with van der Waals surface area (Å²) in [5, 5.41) is 1.98. The predicted octanol–water partition coefficient (Wildman–Crippen LogP) is 1.74. The van der Waals surface area contributed by atoms with E-state index in [4.69, 9.17) is 4.94 Å². The van der Waals surface area contributed by atoms with E-state index in [1.807, 2.05) is 12.1 Å². The quantitative estimate of drug-likeness (QED) is 0.350. The van der Waals surface area contributed by atoms with Gasteiger partial charge in [-0.25, -0.2) is 0 Å². The number of quaternary nitrogens is 2. The Morgan fingerprint density at radius 1 is 0.941 bits per heavy atom. The number of nitrogens with zero attached hydrogens (tertiary/aromatic N) is 3. The van der Waals surface area contributed by atoms with Gasteiger partial charge in [-0.2, -0.15) is 4.65 Å². The van der Waals surface area contributed by atoms with Crippen LogP contribution in [0.25, 0.3) is 0 Å². The van der Waals surface area contributed by atoms with E-state index in [0.717, 1.165) is 24.1 Å². The van der Waals surface area contributed by atoms with Crippen molar-refractivity contribution in [3.8, 4) is 0 Å². The van der Waals surface area contributed by atoms with Crippen LogP contribution < -0.4 is 0 Å². The lowest BCUT2D eigenvalue weighted by Gasteiger charge is -2.33. The van der Waals surface area contributed by atoms with E-state index in [2.05, 4.69) is 42.2 Å². The third kappa shape index (κ3) is 10.7. The molecular formula is C13H33N3O+2. The number of unbranched alkanes of at least 4 members (excludes halogenated alkanes) is 2. The van der Waals surface area contributed by atoms with Crippen LogP contribution in [0.5, 0.6) is 0 Å². The van der Waals surface area contributed by atoms with Gasteiger partial charge >= 0.3 is 0 Å². The monoisotopic (exact) mass is 247 g/mol. The van der Waals surface area contributed by atoms with Gasteiger partial charge < -0.3 is 4.48 Å². The van der Waals surface area contributed by atoms with Crippen molar-refractivity contribution < 1.29 is 14.1 Å². The fourth-order valence-electron chi connectivity index (χ4n) is 1.58. The Balaban J connectivity index is 3.89. The zero-order valence-corrected chi connectivity index (χ0v) is 13.0. The van der Waals surface area contributed by atoms with Gasteiger partial charge in [0, 0.05) is 13.6 Å². The smallest absolute Gasteiger partial charge is 0.159 e. The zero-order chi connectivity index (χ0) is 13.5. The van der Waals surface area contributed by atoms with Gasteiger partial charge in [-0.1, -0.05) is 19.8 Å². The van der Waals surface area contributed by atoms with Gasteiger partial charge in [0.05, 0.1) is 21.1 Å². The molecule has 0 aliphatic heterocycles. The Morgan fingerprint density at radius 2 is 1.53 bits per heavy atom. The van der Waals surface area contributed by atoms with Gasteiger partial charge in [0.1, 0.15) is 20.6 Å². The largest absolute Gasteiger partial charge is 0.326 e. The van der Waals surface area contributed by atoms with Crippen LogP contribution in [0.4, 0.5) is 0 Å². The van der Waals surface area contributed by atoms with Gasteiger partial charge in [0.25, 0.3) is 0 Å². The molecule has 0 saturated heterocycles. The molecule has 17 heavy (non-hydrogen) atoms. The summed E-state index contributed by atoms with van der Waals surface area (Å²) in [6.07, 6.45) is 3.75. The predicted molar refractivity (Wildman–Crippen MR) is 73.1 cm³/mol. The Morgan fingerprint density at radius 3 is 2.00 bits per heavy atom. The third-order valence-electron chi connectivity index (χ3n) is 2.75. The highest BCUT2D eigenvalue weighted by Gasteiger charge is 2.23. The van der Waals surface area contributed by atoms with Crippen molar-refractivity contribution in [2.24, 2.45) is 0 Å². The normalized spacial score (nSPS) is 13.4. The fraction of sp³-hybridized carbons (Fsp3) is 1.00. The molecule has 0 heterocycles. The van der Waals surface area contributed by atoms with Gasteiger partial charge in [-0.05, 0) is 6.42 Å². The van der Waals surface area contributed by atoms with Crippen molar-refractivity contribution in [2.45, 2.75) is 26.2 Å². The Bertz CT molecular complexity index is 199. The van der Waals surface area contributed by atoms with E-state index >= 15 is 0 Å². The molecule has 4 nitrogen and oxygen atoms in total. The van der Waals surface area contributed by atoms with E-state index in [0.29, 0.717) is 4.65 Å². The second kappa shape index (κ2) is 7.31. The van der Waals surface area contributed by atoms with E-state index in [9.17, 15) is 0 Å². The first-order valence-corrected chi connectivity index (χ1v) is 6.70. The van der Waals surface area contributed by atoms with Crippen LogP contribution in [0.1, 0.15) is 26.2 Å². The van der Waals surface area contributed by atoms with E-state index in [-0.39, 0.29) is 0 Å². The molecular weight excluding hydrogens is 214 g/mol. The van der Waals surface area contributed by atoms with Crippen LogP contribution in [0, 0.1) is 0 Å². The Labute approximate surface area is 108 Å². The van der Waals surface area contributed by atoms with Gasteiger partial charge in [0.2, 0.25) is 0 Å². The molecule has 0 saturated carbocycles. The topological polar surface area (TPSA) is 12.5 Å². The lowest BCUT2D eigenvalue weighted by Crippen LogP contribution is -2.51. The fourth-order valence-corrected chi connectivity index (χ4v) is 1.58. The molecule has 0 amide bonds. The van der Waals surface area contributed by atoms with Crippen LogP contribution in [-0.2, 0) is 4.94 Å². The summed E-state index contributed by atoms with van der Waals surface area (Å²) in [4.78, 5) is 5.94. The van der Waals surface area contributed by atoms with Crippen molar-refractivity contribution in [1.29, 1.82) is 0 Å². The van der Waals surface area contributed by atoms with Crippen LogP contribution in [0.2, 0.25) is 0 Å². The lowest BCUT2D eigenvalue weighted by atomic mass is 10.2. The average Bonchev–Trinajstić information content (AvgIpc) is 2.14.